The minimum Gasteiger partial charge on any atom is -0.397 e. The summed E-state index contributed by atoms with van der Waals surface area (Å²) in [7, 11) is 3.34. The lowest BCUT2D eigenvalue weighted by molar-refractivity contribution is 0.0968. The highest BCUT2D eigenvalue weighted by Crippen LogP contribution is 2.49. The average molecular weight is 283 g/mol. The highest BCUT2D eigenvalue weighted by molar-refractivity contribution is 7.18. The summed E-state index contributed by atoms with van der Waals surface area (Å²) in [5.74, 6) is -0.129. The molecule has 0 radical (unpaired) electrons. The number of nitrogens with two attached hydrogens (primary N) is 1. The van der Waals surface area contributed by atoms with E-state index in [0.29, 0.717) is 16.0 Å². The number of nitrogens with one attached hydrogen (secondary N) is 2. The number of amides is 1. The van der Waals surface area contributed by atoms with E-state index in [1.54, 1.807) is 14.2 Å². The molecule has 0 atom stereocenters. The van der Waals surface area contributed by atoms with Crippen LogP contribution in [0.3, 0.4) is 0 Å². The van der Waals surface area contributed by atoms with Gasteiger partial charge in [0.2, 0.25) is 0 Å². The molecule has 1 saturated carbocycles. The molecule has 0 aromatic carbocycles. The van der Waals surface area contributed by atoms with Crippen molar-refractivity contribution in [3.8, 4) is 0 Å². The van der Waals surface area contributed by atoms with Crippen molar-refractivity contribution in [1.29, 1.82) is 0 Å². The summed E-state index contributed by atoms with van der Waals surface area (Å²) in [5.41, 5.74) is 6.76. The molecule has 4 N–H and O–H groups in total. The molecular formula is C13H21N3O2S. The van der Waals surface area contributed by atoms with Crippen LogP contribution < -0.4 is 16.4 Å². The third-order valence-electron chi connectivity index (χ3n) is 3.63. The predicted octanol–water partition coefficient (Wildman–Crippen LogP) is 1.92. The topological polar surface area (TPSA) is 76.4 Å². The van der Waals surface area contributed by atoms with E-state index in [1.165, 1.54) is 24.2 Å². The standard InChI is InChI=1S/C13H21N3O2S/c1-15-12(17)11-9(14)7-10(19-11)16-8-13(3-4-13)5-6-18-2/h7,16H,3-6,8,14H2,1-2H3,(H,15,17). The minimum atomic E-state index is -0.129. The second kappa shape index (κ2) is 5.79. The molecule has 1 aromatic heterocycles. The molecule has 0 aliphatic heterocycles. The quantitative estimate of drug-likeness (QED) is 0.714. The summed E-state index contributed by atoms with van der Waals surface area (Å²) in [6.07, 6.45) is 3.57. The highest BCUT2D eigenvalue weighted by atomic mass is 32.1. The first kappa shape index (κ1) is 14.1. The second-order valence-corrected chi connectivity index (χ2v) is 6.12. The Morgan fingerprint density at radius 3 is 2.89 bits per heavy atom. The van der Waals surface area contributed by atoms with Crippen molar-refractivity contribution in [2.45, 2.75) is 19.3 Å². The van der Waals surface area contributed by atoms with Gasteiger partial charge in [0.15, 0.2) is 0 Å². The van der Waals surface area contributed by atoms with Crippen LogP contribution >= 0.6 is 11.3 Å². The van der Waals surface area contributed by atoms with Gasteiger partial charge in [0.25, 0.3) is 5.91 Å². The fourth-order valence-corrected chi connectivity index (χ4v) is 2.99. The van der Waals surface area contributed by atoms with Crippen LogP contribution in [0.2, 0.25) is 0 Å². The maximum atomic E-state index is 11.6. The van der Waals surface area contributed by atoms with E-state index in [4.69, 9.17) is 10.5 Å². The smallest absolute Gasteiger partial charge is 0.263 e. The van der Waals surface area contributed by atoms with Crippen LogP contribution in [-0.4, -0.2) is 33.2 Å². The molecule has 5 nitrogen and oxygen atoms in total. The monoisotopic (exact) mass is 283 g/mol. The lowest BCUT2D eigenvalue weighted by Gasteiger charge is -2.15. The third kappa shape index (κ3) is 3.39. The largest absolute Gasteiger partial charge is 0.397 e. The maximum Gasteiger partial charge on any atom is 0.263 e. The zero-order chi connectivity index (χ0) is 13.9. The van der Waals surface area contributed by atoms with E-state index < -0.39 is 0 Å². The lowest BCUT2D eigenvalue weighted by atomic mass is 10.0. The molecule has 106 valence electrons. The van der Waals surface area contributed by atoms with Crippen LogP contribution in [0.4, 0.5) is 10.7 Å². The number of rotatable bonds is 7. The number of nitrogen functional groups attached to an aromatic ring is 1. The number of carbonyl (C=O) groups is 1. The van der Waals surface area contributed by atoms with E-state index in [9.17, 15) is 4.79 Å². The van der Waals surface area contributed by atoms with Gasteiger partial charge in [0, 0.05) is 27.3 Å². The van der Waals surface area contributed by atoms with Crippen molar-refractivity contribution in [2.24, 2.45) is 5.41 Å². The fraction of sp³-hybridized carbons (Fsp3) is 0.615. The lowest BCUT2D eigenvalue weighted by Crippen LogP contribution is -2.17. The molecule has 1 amide bonds. The zero-order valence-corrected chi connectivity index (χ0v) is 12.2. The summed E-state index contributed by atoms with van der Waals surface area (Å²) in [5, 5.41) is 6.95. The van der Waals surface area contributed by atoms with Gasteiger partial charge in [0.05, 0.1) is 10.7 Å². The first-order valence-electron chi connectivity index (χ1n) is 6.44. The van der Waals surface area contributed by atoms with Crippen molar-refractivity contribution in [2.75, 3.05) is 38.4 Å². The van der Waals surface area contributed by atoms with E-state index in [1.807, 2.05) is 6.07 Å². The molecule has 1 fully saturated rings. The fourth-order valence-electron chi connectivity index (χ4n) is 2.07. The van der Waals surface area contributed by atoms with Crippen molar-refractivity contribution < 1.29 is 9.53 Å². The Morgan fingerprint density at radius 1 is 1.58 bits per heavy atom. The van der Waals surface area contributed by atoms with Crippen molar-refractivity contribution >= 4 is 27.9 Å². The number of hydrogen-bond acceptors (Lipinski definition) is 5. The average Bonchev–Trinajstić information content (AvgIpc) is 3.09. The normalized spacial score (nSPS) is 16.1. The van der Waals surface area contributed by atoms with Crippen LogP contribution in [0.1, 0.15) is 28.9 Å². The zero-order valence-electron chi connectivity index (χ0n) is 11.4. The molecule has 0 bridgehead atoms. The number of hydrogen-bond donors (Lipinski definition) is 3. The Hall–Kier alpha value is -1.27. The Balaban J connectivity index is 1.92. The summed E-state index contributed by atoms with van der Waals surface area (Å²) in [6, 6.07) is 1.83. The molecule has 2 rings (SSSR count). The molecule has 1 heterocycles. The van der Waals surface area contributed by atoms with Gasteiger partial charge in [-0.05, 0) is 30.7 Å². The SMILES string of the molecule is CNC(=O)c1sc(NCC2(CCOC)CC2)cc1N. The third-order valence-corrected chi connectivity index (χ3v) is 4.73. The van der Waals surface area contributed by atoms with Crippen LogP contribution in [-0.2, 0) is 4.74 Å². The van der Waals surface area contributed by atoms with E-state index >= 15 is 0 Å². The molecule has 0 spiro atoms. The van der Waals surface area contributed by atoms with Crippen molar-refractivity contribution in [1.82, 2.24) is 5.32 Å². The number of thiophene rings is 1. The highest BCUT2D eigenvalue weighted by Gasteiger charge is 2.41. The van der Waals surface area contributed by atoms with Crippen LogP contribution in [0.25, 0.3) is 0 Å². The molecule has 6 heteroatoms. The van der Waals surface area contributed by atoms with Gasteiger partial charge in [0.1, 0.15) is 4.88 Å². The van der Waals surface area contributed by atoms with Gasteiger partial charge in [-0.25, -0.2) is 0 Å². The Labute approximate surface area is 117 Å². The molecule has 0 unspecified atom stereocenters. The van der Waals surface area contributed by atoms with Crippen molar-refractivity contribution in [3.05, 3.63) is 10.9 Å². The van der Waals surface area contributed by atoms with Gasteiger partial charge < -0.3 is 21.1 Å². The van der Waals surface area contributed by atoms with E-state index in [0.717, 1.165) is 24.6 Å². The predicted molar refractivity (Wildman–Crippen MR) is 78.8 cm³/mol. The number of ether oxygens (including phenoxy) is 1. The van der Waals surface area contributed by atoms with Gasteiger partial charge in [-0.3, -0.25) is 4.79 Å². The first-order chi connectivity index (χ1) is 9.10. The molecule has 19 heavy (non-hydrogen) atoms. The number of anilines is 2. The van der Waals surface area contributed by atoms with E-state index in [2.05, 4.69) is 10.6 Å². The van der Waals surface area contributed by atoms with Gasteiger partial charge in [-0.2, -0.15) is 0 Å². The van der Waals surface area contributed by atoms with Gasteiger partial charge in [-0.15, -0.1) is 11.3 Å². The van der Waals surface area contributed by atoms with Gasteiger partial charge in [-0.1, -0.05) is 0 Å². The summed E-state index contributed by atoms with van der Waals surface area (Å²) in [4.78, 5) is 12.2. The molecule has 1 aliphatic carbocycles. The van der Waals surface area contributed by atoms with Crippen molar-refractivity contribution in [3.63, 3.8) is 0 Å². The minimum absolute atomic E-state index is 0.129. The molecule has 1 aromatic rings. The second-order valence-electron chi connectivity index (χ2n) is 5.07. The maximum absolute atomic E-state index is 11.6. The van der Waals surface area contributed by atoms with Gasteiger partial charge >= 0.3 is 0 Å². The number of methoxy groups -OCH3 is 1. The summed E-state index contributed by atoms with van der Waals surface area (Å²) in [6.45, 7) is 1.72. The summed E-state index contributed by atoms with van der Waals surface area (Å²) < 4.78 is 5.14. The van der Waals surface area contributed by atoms with E-state index in [-0.39, 0.29) is 5.91 Å². The van der Waals surface area contributed by atoms with Crippen LogP contribution in [0.5, 0.6) is 0 Å². The molecule has 1 aliphatic rings. The summed E-state index contributed by atoms with van der Waals surface area (Å²) >= 11 is 1.41. The Bertz CT molecular complexity index is 455. The molecule has 0 saturated heterocycles. The number of carbonyl (C=O) groups excluding carboxylic acids is 1. The van der Waals surface area contributed by atoms with Crippen LogP contribution in [0.15, 0.2) is 6.07 Å². The molecular weight excluding hydrogens is 262 g/mol. The van der Waals surface area contributed by atoms with Crippen LogP contribution in [0, 0.1) is 5.41 Å². The Morgan fingerprint density at radius 2 is 2.32 bits per heavy atom. The Kier molecular flexibility index (Phi) is 4.31. The first-order valence-corrected chi connectivity index (χ1v) is 7.26.